The number of sulfone groups is 1. The summed E-state index contributed by atoms with van der Waals surface area (Å²) >= 11 is 1.31. The molecule has 0 fully saturated rings. The number of ether oxygens (including phenoxy) is 1. The Morgan fingerprint density at radius 3 is 2.20 bits per heavy atom. The fraction of sp³-hybridized carbons (Fsp3) is 0.182. The average molecular weight is 444 g/mol. The maximum atomic E-state index is 12.3. The Bertz CT molecular complexity index is 1160. The van der Waals surface area contributed by atoms with Gasteiger partial charge >= 0.3 is 5.97 Å². The molecule has 3 aromatic rings. The van der Waals surface area contributed by atoms with Crippen LogP contribution in [0.15, 0.2) is 59.5 Å². The van der Waals surface area contributed by atoms with E-state index in [4.69, 9.17) is 4.74 Å². The predicted molar refractivity (Wildman–Crippen MR) is 119 cm³/mol. The lowest BCUT2D eigenvalue weighted by Crippen LogP contribution is -2.13. The molecule has 3 rings (SSSR count). The lowest BCUT2D eigenvalue weighted by Gasteiger charge is -2.11. The van der Waals surface area contributed by atoms with Crippen molar-refractivity contribution < 1.29 is 22.7 Å². The van der Waals surface area contributed by atoms with Crippen molar-refractivity contribution in [3.63, 3.8) is 0 Å². The summed E-state index contributed by atoms with van der Waals surface area (Å²) in [5.41, 5.74) is 3.22. The topological polar surface area (TPSA) is 80.8 Å². The summed E-state index contributed by atoms with van der Waals surface area (Å²) in [5.74, 6) is -0.403. The Labute approximate surface area is 179 Å². The highest BCUT2D eigenvalue weighted by atomic mass is 32.2. The molecule has 156 valence electrons. The number of hydrogen-bond acceptors (Lipinski definition) is 6. The first-order valence-corrected chi connectivity index (χ1v) is 11.9. The molecule has 8 heteroatoms. The van der Waals surface area contributed by atoms with Crippen molar-refractivity contribution in [3.05, 3.63) is 59.5 Å². The van der Waals surface area contributed by atoms with Crippen LogP contribution in [0.2, 0.25) is 0 Å². The van der Waals surface area contributed by atoms with Gasteiger partial charge in [0.25, 0.3) is 0 Å². The van der Waals surface area contributed by atoms with Crippen molar-refractivity contribution in [1.29, 1.82) is 0 Å². The van der Waals surface area contributed by atoms with Crippen LogP contribution in [-0.4, -0.2) is 40.7 Å². The summed E-state index contributed by atoms with van der Waals surface area (Å²) in [4.78, 5) is 26.3. The molecule has 1 aromatic heterocycles. The standard InChI is InChI=1S/C22H21NO5S2/c1-4-28-22(25)20-13-19(15-7-11-18(12-8-15)30(3,26)27)21(29-20)16-5-9-17(10-6-16)23(2)14-24/h5-14H,4H2,1-3H3. The fourth-order valence-corrected chi connectivity index (χ4v) is 4.62. The molecule has 0 aliphatic carbocycles. The molecular weight excluding hydrogens is 422 g/mol. The predicted octanol–water partition coefficient (Wildman–Crippen LogP) is 4.25. The summed E-state index contributed by atoms with van der Waals surface area (Å²) in [6, 6.07) is 15.7. The normalized spacial score (nSPS) is 11.2. The van der Waals surface area contributed by atoms with Gasteiger partial charge in [-0.05, 0) is 48.4 Å². The summed E-state index contributed by atoms with van der Waals surface area (Å²) in [7, 11) is -1.63. The third-order valence-corrected chi connectivity index (χ3v) is 6.79. The van der Waals surface area contributed by atoms with Crippen molar-refractivity contribution in [2.75, 3.05) is 24.8 Å². The highest BCUT2D eigenvalue weighted by Crippen LogP contribution is 2.40. The van der Waals surface area contributed by atoms with Gasteiger partial charge in [0, 0.05) is 29.4 Å². The summed E-state index contributed by atoms with van der Waals surface area (Å²) in [5, 5.41) is 0. The Kier molecular flexibility index (Phi) is 6.38. The number of thiophene rings is 1. The average Bonchev–Trinajstić information content (AvgIpc) is 3.18. The van der Waals surface area contributed by atoms with Gasteiger partial charge in [0.15, 0.2) is 9.84 Å². The van der Waals surface area contributed by atoms with E-state index in [2.05, 4.69) is 0 Å². The number of hydrogen-bond donors (Lipinski definition) is 0. The second-order valence-electron chi connectivity index (χ2n) is 6.63. The Balaban J connectivity index is 2.09. The number of carbonyl (C=O) groups excluding carboxylic acids is 2. The SMILES string of the molecule is CCOC(=O)c1cc(-c2ccc(S(C)(=O)=O)cc2)c(-c2ccc(N(C)C=O)cc2)s1. The molecule has 0 bridgehead atoms. The van der Waals surface area contributed by atoms with Crippen molar-refractivity contribution in [1.82, 2.24) is 0 Å². The van der Waals surface area contributed by atoms with E-state index in [1.165, 1.54) is 16.2 Å². The highest BCUT2D eigenvalue weighted by Gasteiger charge is 2.19. The Morgan fingerprint density at radius 1 is 1.07 bits per heavy atom. The molecule has 0 N–H and O–H groups in total. The van der Waals surface area contributed by atoms with Gasteiger partial charge in [-0.25, -0.2) is 13.2 Å². The number of amides is 1. The van der Waals surface area contributed by atoms with Crippen LogP contribution in [-0.2, 0) is 19.4 Å². The van der Waals surface area contributed by atoms with Gasteiger partial charge < -0.3 is 9.64 Å². The molecule has 0 aliphatic rings. The van der Waals surface area contributed by atoms with E-state index in [1.54, 1.807) is 44.3 Å². The van der Waals surface area contributed by atoms with Gasteiger partial charge in [-0.1, -0.05) is 24.3 Å². The van der Waals surface area contributed by atoms with Crippen LogP contribution in [0.4, 0.5) is 5.69 Å². The molecule has 0 saturated heterocycles. The quantitative estimate of drug-likeness (QED) is 0.403. The van der Waals surface area contributed by atoms with E-state index in [-0.39, 0.29) is 11.5 Å². The number of anilines is 1. The van der Waals surface area contributed by atoms with Crippen LogP contribution in [0.25, 0.3) is 21.6 Å². The fourth-order valence-electron chi connectivity index (χ4n) is 2.91. The maximum absolute atomic E-state index is 12.3. The van der Waals surface area contributed by atoms with Gasteiger partial charge in [-0.2, -0.15) is 0 Å². The van der Waals surface area contributed by atoms with Crippen LogP contribution in [0, 0.1) is 0 Å². The van der Waals surface area contributed by atoms with Gasteiger partial charge in [-0.15, -0.1) is 11.3 Å². The summed E-state index contributed by atoms with van der Waals surface area (Å²) in [6.07, 6.45) is 1.89. The molecule has 0 aliphatic heterocycles. The minimum absolute atomic E-state index is 0.231. The van der Waals surface area contributed by atoms with Crippen LogP contribution in [0.1, 0.15) is 16.6 Å². The second-order valence-corrected chi connectivity index (χ2v) is 9.70. The Hall–Kier alpha value is -2.97. The van der Waals surface area contributed by atoms with Crippen LogP contribution in [0.5, 0.6) is 0 Å². The molecule has 2 aromatic carbocycles. The monoisotopic (exact) mass is 443 g/mol. The zero-order valence-corrected chi connectivity index (χ0v) is 18.4. The zero-order valence-electron chi connectivity index (χ0n) is 16.8. The Morgan fingerprint density at radius 2 is 1.67 bits per heavy atom. The van der Waals surface area contributed by atoms with E-state index in [0.717, 1.165) is 39.9 Å². The molecule has 0 unspecified atom stereocenters. The number of esters is 1. The maximum Gasteiger partial charge on any atom is 0.348 e. The molecule has 1 amide bonds. The lowest BCUT2D eigenvalue weighted by molar-refractivity contribution is -0.107. The van der Waals surface area contributed by atoms with E-state index in [1.807, 2.05) is 24.3 Å². The lowest BCUT2D eigenvalue weighted by atomic mass is 10.0. The summed E-state index contributed by atoms with van der Waals surface area (Å²) in [6.45, 7) is 2.02. The van der Waals surface area contributed by atoms with E-state index < -0.39 is 15.8 Å². The molecule has 6 nitrogen and oxygen atoms in total. The van der Waals surface area contributed by atoms with E-state index >= 15 is 0 Å². The van der Waals surface area contributed by atoms with Crippen LogP contribution >= 0.6 is 11.3 Å². The number of benzene rings is 2. The molecule has 0 atom stereocenters. The van der Waals surface area contributed by atoms with Gasteiger partial charge in [-0.3, -0.25) is 4.79 Å². The third kappa shape index (κ3) is 4.60. The zero-order chi connectivity index (χ0) is 21.9. The van der Waals surface area contributed by atoms with Gasteiger partial charge in [0.05, 0.1) is 11.5 Å². The van der Waals surface area contributed by atoms with Crippen LogP contribution < -0.4 is 4.90 Å². The number of rotatable bonds is 7. The van der Waals surface area contributed by atoms with Gasteiger partial charge in [0.2, 0.25) is 6.41 Å². The van der Waals surface area contributed by atoms with Crippen molar-refractivity contribution in [2.24, 2.45) is 0 Å². The van der Waals surface area contributed by atoms with E-state index in [0.29, 0.717) is 4.88 Å². The second kappa shape index (κ2) is 8.81. The smallest absolute Gasteiger partial charge is 0.348 e. The first kappa shape index (κ1) is 21.7. The summed E-state index contributed by atoms with van der Waals surface area (Å²) < 4.78 is 28.7. The molecule has 1 heterocycles. The minimum atomic E-state index is -3.30. The van der Waals surface area contributed by atoms with Crippen molar-refractivity contribution >= 4 is 39.2 Å². The largest absolute Gasteiger partial charge is 0.462 e. The van der Waals surface area contributed by atoms with Crippen molar-refractivity contribution in [2.45, 2.75) is 11.8 Å². The first-order chi connectivity index (χ1) is 14.2. The third-order valence-electron chi connectivity index (χ3n) is 4.50. The van der Waals surface area contributed by atoms with Crippen molar-refractivity contribution in [3.8, 4) is 21.6 Å². The first-order valence-electron chi connectivity index (χ1n) is 9.14. The molecule has 0 radical (unpaired) electrons. The minimum Gasteiger partial charge on any atom is -0.462 e. The van der Waals surface area contributed by atoms with Gasteiger partial charge in [0.1, 0.15) is 4.88 Å². The highest BCUT2D eigenvalue weighted by molar-refractivity contribution is 7.90. The van der Waals surface area contributed by atoms with Crippen LogP contribution in [0.3, 0.4) is 0 Å². The molecule has 30 heavy (non-hydrogen) atoms. The number of nitrogens with zero attached hydrogens (tertiary/aromatic N) is 1. The molecular formula is C22H21NO5S2. The molecule has 0 spiro atoms. The number of carbonyl (C=O) groups is 2. The van der Waals surface area contributed by atoms with E-state index in [9.17, 15) is 18.0 Å². The molecule has 0 saturated carbocycles.